The van der Waals surface area contributed by atoms with E-state index in [1.165, 1.54) is 5.56 Å². The van der Waals surface area contributed by atoms with E-state index < -0.39 is 0 Å². The molecule has 2 heterocycles. The number of ether oxygens (including phenoxy) is 1. The van der Waals surface area contributed by atoms with E-state index in [0.717, 1.165) is 69.3 Å². The summed E-state index contributed by atoms with van der Waals surface area (Å²) in [6, 6.07) is 18.6. The topological polar surface area (TPSA) is 61.9 Å². The van der Waals surface area contributed by atoms with Crippen LogP contribution in [0.1, 0.15) is 63.5 Å². The van der Waals surface area contributed by atoms with Gasteiger partial charge in [-0.2, -0.15) is 0 Å². The lowest BCUT2D eigenvalue weighted by atomic mass is 9.73. The van der Waals surface area contributed by atoms with Gasteiger partial charge in [-0.25, -0.2) is 0 Å². The Hall–Kier alpha value is -2.86. The number of fused-ring (bicyclic) bond motifs is 1. The van der Waals surface area contributed by atoms with Gasteiger partial charge in [-0.05, 0) is 76.2 Å². The Balaban J connectivity index is 1.33. The second-order valence-corrected chi connectivity index (χ2v) is 10.9. The molecule has 37 heavy (non-hydrogen) atoms. The summed E-state index contributed by atoms with van der Waals surface area (Å²) >= 11 is 0. The normalized spacial score (nSPS) is 19.1. The Morgan fingerprint density at radius 3 is 2.49 bits per heavy atom. The number of rotatable bonds is 5. The molecule has 0 aliphatic carbocycles. The maximum atomic E-state index is 13.4. The fourth-order valence-corrected chi connectivity index (χ4v) is 5.67. The van der Waals surface area contributed by atoms with E-state index in [1.807, 2.05) is 35.2 Å². The molecule has 0 atom stereocenters. The van der Waals surface area contributed by atoms with Gasteiger partial charge in [0.15, 0.2) is 0 Å². The summed E-state index contributed by atoms with van der Waals surface area (Å²) in [4.78, 5) is 30.9. The summed E-state index contributed by atoms with van der Waals surface area (Å²) in [6.07, 6.45) is 6.78. The Morgan fingerprint density at radius 2 is 1.73 bits per heavy atom. The lowest BCUT2D eigenvalue weighted by molar-refractivity contribution is -0.137. The number of benzene rings is 2. The minimum absolute atomic E-state index is 0.137. The van der Waals surface area contributed by atoms with Gasteiger partial charge in [0, 0.05) is 12.6 Å². The molecule has 200 valence electrons. The largest absolute Gasteiger partial charge is 0.491 e. The number of hydrogen-bond acceptors (Lipinski definition) is 4. The standard InChI is InChI=1S/C31H43N3O3/c1-25(2)34(23-26-11-5-3-6-12-26)29(35)24-33-20-17-31(18-21-33)16-10-4-7-13-27-14-8-9-15-28(27)37-22-19-32-30(31)36/h3,5-6,8-9,11-12,14-15,25H,4,7,10,13,16-24H2,1-2H3,(H,32,36). The van der Waals surface area contributed by atoms with E-state index >= 15 is 0 Å². The van der Waals surface area contributed by atoms with E-state index in [9.17, 15) is 9.59 Å². The molecule has 4 rings (SSSR count). The van der Waals surface area contributed by atoms with Gasteiger partial charge in [0.1, 0.15) is 12.4 Å². The summed E-state index contributed by atoms with van der Waals surface area (Å²) in [5, 5.41) is 3.17. The van der Waals surface area contributed by atoms with Crippen molar-refractivity contribution < 1.29 is 14.3 Å². The highest BCUT2D eigenvalue weighted by Crippen LogP contribution is 2.37. The average molecular weight is 506 g/mol. The quantitative estimate of drug-likeness (QED) is 0.633. The van der Waals surface area contributed by atoms with Crippen molar-refractivity contribution in [1.29, 1.82) is 0 Å². The van der Waals surface area contributed by atoms with Crippen molar-refractivity contribution in [3.8, 4) is 5.75 Å². The van der Waals surface area contributed by atoms with Crippen molar-refractivity contribution >= 4 is 11.8 Å². The minimum Gasteiger partial charge on any atom is -0.491 e. The predicted octanol–water partition coefficient (Wildman–Crippen LogP) is 4.82. The third kappa shape index (κ3) is 7.35. The molecule has 2 aromatic carbocycles. The van der Waals surface area contributed by atoms with Gasteiger partial charge in [0.2, 0.25) is 11.8 Å². The van der Waals surface area contributed by atoms with E-state index in [-0.39, 0.29) is 23.3 Å². The van der Waals surface area contributed by atoms with Crippen molar-refractivity contribution in [2.24, 2.45) is 5.41 Å². The van der Waals surface area contributed by atoms with Crippen LogP contribution in [0.5, 0.6) is 5.75 Å². The fraction of sp³-hybridized carbons (Fsp3) is 0.548. The summed E-state index contributed by atoms with van der Waals surface area (Å²) < 4.78 is 6.01. The first-order chi connectivity index (χ1) is 18.0. The molecule has 2 aliphatic rings. The maximum absolute atomic E-state index is 13.4. The molecule has 0 aromatic heterocycles. The molecule has 0 radical (unpaired) electrons. The molecule has 0 saturated carbocycles. The van der Waals surface area contributed by atoms with Crippen molar-refractivity contribution in [3.63, 3.8) is 0 Å². The van der Waals surface area contributed by atoms with Gasteiger partial charge in [-0.3, -0.25) is 14.5 Å². The highest BCUT2D eigenvalue weighted by molar-refractivity contribution is 5.83. The van der Waals surface area contributed by atoms with Crippen LogP contribution in [-0.4, -0.2) is 60.4 Å². The molecular formula is C31H43N3O3. The van der Waals surface area contributed by atoms with Crippen molar-refractivity contribution in [1.82, 2.24) is 15.1 Å². The Bertz CT molecular complexity index is 1020. The molecule has 2 aliphatic heterocycles. The van der Waals surface area contributed by atoms with E-state index in [0.29, 0.717) is 26.2 Å². The van der Waals surface area contributed by atoms with Crippen LogP contribution in [0.25, 0.3) is 0 Å². The molecule has 1 fully saturated rings. The number of nitrogens with zero attached hydrogens (tertiary/aromatic N) is 2. The SMILES string of the molecule is CC(C)N(Cc1ccccc1)C(=O)CN1CCC2(CCCCCc3ccccc3OCCNC2=O)CC1. The zero-order valence-electron chi connectivity index (χ0n) is 22.6. The van der Waals surface area contributed by atoms with E-state index in [2.05, 4.69) is 48.3 Å². The molecule has 1 N–H and O–H groups in total. The van der Waals surface area contributed by atoms with Gasteiger partial charge in [0.05, 0.1) is 18.5 Å². The monoisotopic (exact) mass is 505 g/mol. The number of carbonyl (C=O) groups excluding carboxylic acids is 2. The first-order valence-corrected chi connectivity index (χ1v) is 14.0. The second kappa shape index (κ2) is 13.1. The second-order valence-electron chi connectivity index (χ2n) is 10.9. The molecule has 2 amide bonds. The predicted molar refractivity (Wildman–Crippen MR) is 147 cm³/mol. The molecule has 6 nitrogen and oxygen atoms in total. The van der Waals surface area contributed by atoms with Gasteiger partial charge < -0.3 is 15.0 Å². The van der Waals surface area contributed by atoms with E-state index in [4.69, 9.17) is 4.74 Å². The number of para-hydroxylation sites is 1. The maximum Gasteiger partial charge on any atom is 0.237 e. The van der Waals surface area contributed by atoms with Gasteiger partial charge in [-0.15, -0.1) is 0 Å². The molecule has 6 heteroatoms. The van der Waals surface area contributed by atoms with Crippen LogP contribution in [0.15, 0.2) is 54.6 Å². The molecular weight excluding hydrogens is 462 g/mol. The van der Waals surface area contributed by atoms with Gasteiger partial charge in [-0.1, -0.05) is 61.4 Å². The van der Waals surface area contributed by atoms with Crippen LogP contribution in [0.4, 0.5) is 0 Å². The van der Waals surface area contributed by atoms with Crippen LogP contribution >= 0.6 is 0 Å². The number of piperidine rings is 1. The van der Waals surface area contributed by atoms with Crippen molar-refractivity contribution in [2.75, 3.05) is 32.8 Å². The smallest absolute Gasteiger partial charge is 0.237 e. The summed E-state index contributed by atoms with van der Waals surface area (Å²) in [6.45, 7) is 7.73. The van der Waals surface area contributed by atoms with Crippen LogP contribution < -0.4 is 10.1 Å². The zero-order chi connectivity index (χ0) is 26.1. The Kier molecular flexibility index (Phi) is 9.62. The molecule has 2 aromatic rings. The van der Waals surface area contributed by atoms with Crippen LogP contribution in [0.3, 0.4) is 0 Å². The first-order valence-electron chi connectivity index (χ1n) is 14.0. The average Bonchev–Trinajstić information content (AvgIpc) is 2.92. The van der Waals surface area contributed by atoms with Crippen LogP contribution in [0.2, 0.25) is 0 Å². The van der Waals surface area contributed by atoms with Crippen molar-refractivity contribution in [2.45, 2.75) is 71.4 Å². The number of aryl methyl sites for hydroxylation is 1. The Morgan fingerprint density at radius 1 is 1.00 bits per heavy atom. The number of nitrogens with one attached hydrogen (secondary N) is 1. The number of amides is 2. The molecule has 1 spiro atoms. The number of likely N-dealkylation sites (tertiary alicyclic amines) is 1. The number of hydrogen-bond donors (Lipinski definition) is 1. The lowest BCUT2D eigenvalue weighted by Gasteiger charge is -2.41. The van der Waals surface area contributed by atoms with Crippen LogP contribution in [0, 0.1) is 5.41 Å². The first kappa shape index (κ1) is 27.2. The summed E-state index contributed by atoms with van der Waals surface area (Å²) in [5.41, 5.74) is 2.06. The van der Waals surface area contributed by atoms with Gasteiger partial charge in [0.25, 0.3) is 0 Å². The molecule has 0 bridgehead atoms. The lowest BCUT2D eigenvalue weighted by Crippen LogP contribution is -2.51. The zero-order valence-corrected chi connectivity index (χ0v) is 22.6. The molecule has 0 unspecified atom stereocenters. The van der Waals surface area contributed by atoms with Crippen molar-refractivity contribution in [3.05, 3.63) is 65.7 Å². The highest BCUT2D eigenvalue weighted by Gasteiger charge is 2.41. The third-order valence-electron chi connectivity index (χ3n) is 8.01. The highest BCUT2D eigenvalue weighted by atomic mass is 16.5. The minimum atomic E-state index is -0.345. The fourth-order valence-electron chi connectivity index (χ4n) is 5.67. The number of carbonyl (C=O) groups is 2. The van der Waals surface area contributed by atoms with E-state index in [1.54, 1.807) is 0 Å². The van der Waals surface area contributed by atoms with Gasteiger partial charge >= 0.3 is 0 Å². The summed E-state index contributed by atoms with van der Waals surface area (Å²) in [7, 11) is 0. The summed E-state index contributed by atoms with van der Waals surface area (Å²) in [5.74, 6) is 1.25. The molecule has 1 saturated heterocycles. The van der Waals surface area contributed by atoms with Crippen LogP contribution in [-0.2, 0) is 22.6 Å². The Labute approximate surface area is 222 Å². The third-order valence-corrected chi connectivity index (χ3v) is 8.01.